The predicted octanol–water partition coefficient (Wildman–Crippen LogP) is 2.19. The van der Waals surface area contributed by atoms with Gasteiger partial charge in [0.25, 0.3) is 5.91 Å². The second kappa shape index (κ2) is 9.49. The molecule has 1 saturated heterocycles. The second-order valence-corrected chi connectivity index (χ2v) is 9.59. The van der Waals surface area contributed by atoms with Crippen molar-refractivity contribution in [3.05, 3.63) is 60.2 Å². The van der Waals surface area contributed by atoms with Gasteiger partial charge in [0.05, 0.1) is 11.9 Å². The van der Waals surface area contributed by atoms with E-state index >= 15 is 0 Å². The SMILES string of the molecule is C[C@H](Oc1ccc(N(C)S(C)(=O)=O)cc1)C(=O)N1CCN(Cc2ccccc2)CC1. The van der Waals surface area contributed by atoms with Gasteiger partial charge >= 0.3 is 0 Å². The zero-order chi connectivity index (χ0) is 21.7. The summed E-state index contributed by atoms with van der Waals surface area (Å²) < 4.78 is 30.2. The molecular formula is C22H29N3O4S. The first kappa shape index (κ1) is 22.1. The van der Waals surface area contributed by atoms with E-state index < -0.39 is 16.1 Å². The molecule has 0 aliphatic carbocycles. The van der Waals surface area contributed by atoms with E-state index in [9.17, 15) is 13.2 Å². The molecule has 0 radical (unpaired) electrons. The van der Waals surface area contributed by atoms with Gasteiger partial charge in [-0.25, -0.2) is 8.42 Å². The quantitative estimate of drug-likeness (QED) is 0.672. The first-order valence-electron chi connectivity index (χ1n) is 10.00. The highest BCUT2D eigenvalue weighted by Gasteiger charge is 2.26. The van der Waals surface area contributed by atoms with E-state index in [4.69, 9.17) is 4.74 Å². The number of nitrogens with zero attached hydrogens (tertiary/aromatic N) is 3. The summed E-state index contributed by atoms with van der Waals surface area (Å²) in [7, 11) is -1.82. The molecule has 0 N–H and O–H groups in total. The molecule has 7 nitrogen and oxygen atoms in total. The normalized spacial score (nSPS) is 16.2. The molecule has 8 heteroatoms. The van der Waals surface area contributed by atoms with Crippen LogP contribution in [0.25, 0.3) is 0 Å². The highest BCUT2D eigenvalue weighted by atomic mass is 32.2. The van der Waals surface area contributed by atoms with Crippen molar-refractivity contribution in [1.82, 2.24) is 9.80 Å². The van der Waals surface area contributed by atoms with Crippen LogP contribution in [0.4, 0.5) is 5.69 Å². The van der Waals surface area contributed by atoms with Gasteiger partial charge in [0.1, 0.15) is 5.75 Å². The van der Waals surface area contributed by atoms with E-state index in [1.165, 1.54) is 16.9 Å². The Hall–Kier alpha value is -2.58. The fraction of sp³-hybridized carbons (Fsp3) is 0.409. The molecule has 2 aromatic carbocycles. The van der Waals surface area contributed by atoms with Crippen molar-refractivity contribution in [3.63, 3.8) is 0 Å². The van der Waals surface area contributed by atoms with E-state index in [0.717, 1.165) is 25.9 Å². The van der Waals surface area contributed by atoms with Crippen LogP contribution >= 0.6 is 0 Å². The maximum absolute atomic E-state index is 12.8. The largest absolute Gasteiger partial charge is 0.481 e. The van der Waals surface area contributed by atoms with Crippen molar-refractivity contribution >= 4 is 21.6 Å². The first-order valence-corrected chi connectivity index (χ1v) is 11.8. The fourth-order valence-electron chi connectivity index (χ4n) is 3.41. The molecule has 0 bridgehead atoms. The van der Waals surface area contributed by atoms with Gasteiger partial charge in [0, 0.05) is 39.8 Å². The molecule has 0 unspecified atom stereocenters. The van der Waals surface area contributed by atoms with Gasteiger partial charge in [-0.2, -0.15) is 0 Å². The monoisotopic (exact) mass is 431 g/mol. The maximum atomic E-state index is 12.8. The summed E-state index contributed by atoms with van der Waals surface area (Å²) in [5, 5.41) is 0. The Morgan fingerprint density at radius 1 is 1.03 bits per heavy atom. The predicted molar refractivity (Wildman–Crippen MR) is 118 cm³/mol. The Morgan fingerprint density at radius 2 is 1.63 bits per heavy atom. The van der Waals surface area contributed by atoms with Crippen LogP contribution in [0.1, 0.15) is 12.5 Å². The van der Waals surface area contributed by atoms with Gasteiger partial charge < -0.3 is 9.64 Å². The molecule has 1 heterocycles. The van der Waals surface area contributed by atoms with Crippen molar-refractivity contribution in [2.45, 2.75) is 19.6 Å². The third kappa shape index (κ3) is 5.73. The molecule has 1 aliphatic rings. The summed E-state index contributed by atoms with van der Waals surface area (Å²) in [5.74, 6) is 0.496. The van der Waals surface area contributed by atoms with Crippen LogP contribution in [0, 0.1) is 0 Å². The van der Waals surface area contributed by atoms with E-state index in [2.05, 4.69) is 17.0 Å². The number of rotatable bonds is 7. The molecule has 1 aliphatic heterocycles. The summed E-state index contributed by atoms with van der Waals surface area (Å²) in [4.78, 5) is 17.0. The van der Waals surface area contributed by atoms with Crippen LogP contribution < -0.4 is 9.04 Å². The fourth-order valence-corrected chi connectivity index (χ4v) is 3.91. The van der Waals surface area contributed by atoms with Gasteiger partial charge in [-0.1, -0.05) is 30.3 Å². The third-order valence-electron chi connectivity index (χ3n) is 5.29. The minimum absolute atomic E-state index is 0.0355. The molecule has 0 spiro atoms. The number of amides is 1. The lowest BCUT2D eigenvalue weighted by Gasteiger charge is -2.35. The molecule has 1 fully saturated rings. The molecule has 0 aromatic heterocycles. The molecule has 1 amide bonds. The van der Waals surface area contributed by atoms with Crippen LogP contribution in [0.15, 0.2) is 54.6 Å². The molecular weight excluding hydrogens is 402 g/mol. The number of hydrogen-bond donors (Lipinski definition) is 0. The van der Waals surface area contributed by atoms with E-state index in [1.807, 2.05) is 23.1 Å². The number of hydrogen-bond acceptors (Lipinski definition) is 5. The minimum atomic E-state index is -3.32. The van der Waals surface area contributed by atoms with Gasteiger partial charge in [-0.15, -0.1) is 0 Å². The minimum Gasteiger partial charge on any atom is -0.481 e. The number of ether oxygens (including phenoxy) is 1. The molecule has 162 valence electrons. The molecule has 2 aromatic rings. The zero-order valence-corrected chi connectivity index (χ0v) is 18.5. The number of carbonyl (C=O) groups excluding carboxylic acids is 1. The zero-order valence-electron chi connectivity index (χ0n) is 17.7. The first-order chi connectivity index (χ1) is 14.2. The van der Waals surface area contributed by atoms with Crippen molar-refractivity contribution < 1.29 is 17.9 Å². The number of anilines is 1. The number of carbonyl (C=O) groups is 1. The summed E-state index contributed by atoms with van der Waals surface area (Å²) in [6.45, 7) is 5.66. The lowest BCUT2D eigenvalue weighted by atomic mass is 10.2. The Labute approximate surface area is 178 Å². The van der Waals surface area contributed by atoms with Gasteiger partial charge in [-0.05, 0) is 36.8 Å². The number of sulfonamides is 1. The Morgan fingerprint density at radius 3 is 2.20 bits per heavy atom. The third-order valence-corrected chi connectivity index (χ3v) is 6.50. The van der Waals surface area contributed by atoms with Crippen LogP contribution in [0.3, 0.4) is 0 Å². The molecule has 3 rings (SSSR count). The Kier molecular flexibility index (Phi) is 6.99. The Balaban J connectivity index is 1.50. The lowest BCUT2D eigenvalue weighted by Crippen LogP contribution is -2.51. The number of piperazine rings is 1. The maximum Gasteiger partial charge on any atom is 0.263 e. The molecule has 30 heavy (non-hydrogen) atoms. The van der Waals surface area contributed by atoms with Crippen molar-refractivity contribution in [1.29, 1.82) is 0 Å². The highest BCUT2D eigenvalue weighted by Crippen LogP contribution is 2.21. The second-order valence-electron chi connectivity index (χ2n) is 7.57. The standard InChI is InChI=1S/C22H29N3O4S/c1-18(29-21-11-9-20(10-12-21)23(2)30(3,27)28)22(26)25-15-13-24(14-16-25)17-19-7-5-4-6-8-19/h4-12,18H,13-17H2,1-3H3/t18-/m0/s1. The van der Waals surface area contributed by atoms with Crippen LogP contribution in [-0.4, -0.2) is 69.7 Å². The van der Waals surface area contributed by atoms with Crippen LogP contribution in [-0.2, 0) is 21.4 Å². The van der Waals surface area contributed by atoms with Gasteiger partial charge in [-0.3, -0.25) is 14.0 Å². The van der Waals surface area contributed by atoms with E-state index in [0.29, 0.717) is 24.5 Å². The summed E-state index contributed by atoms with van der Waals surface area (Å²) >= 11 is 0. The highest BCUT2D eigenvalue weighted by molar-refractivity contribution is 7.92. The van der Waals surface area contributed by atoms with E-state index in [-0.39, 0.29) is 5.91 Å². The molecule has 0 saturated carbocycles. The number of benzene rings is 2. The Bertz CT molecular complexity index is 940. The molecule has 1 atom stereocenters. The van der Waals surface area contributed by atoms with Crippen molar-refractivity contribution in [2.24, 2.45) is 0 Å². The smallest absolute Gasteiger partial charge is 0.263 e. The average molecular weight is 432 g/mol. The van der Waals surface area contributed by atoms with Gasteiger partial charge in [0.2, 0.25) is 10.0 Å². The average Bonchev–Trinajstić information content (AvgIpc) is 2.74. The summed E-state index contributed by atoms with van der Waals surface area (Å²) in [6, 6.07) is 17.0. The topological polar surface area (TPSA) is 70.2 Å². The summed E-state index contributed by atoms with van der Waals surface area (Å²) in [6.07, 6.45) is 0.543. The van der Waals surface area contributed by atoms with E-state index in [1.54, 1.807) is 31.2 Å². The lowest BCUT2D eigenvalue weighted by molar-refractivity contribution is -0.139. The van der Waals surface area contributed by atoms with Crippen molar-refractivity contribution in [2.75, 3.05) is 43.8 Å². The van der Waals surface area contributed by atoms with Crippen LogP contribution in [0.5, 0.6) is 5.75 Å². The van der Waals surface area contributed by atoms with Crippen molar-refractivity contribution in [3.8, 4) is 5.75 Å². The summed E-state index contributed by atoms with van der Waals surface area (Å²) in [5.41, 5.74) is 1.82. The van der Waals surface area contributed by atoms with Crippen LogP contribution in [0.2, 0.25) is 0 Å². The van der Waals surface area contributed by atoms with Gasteiger partial charge in [0.15, 0.2) is 6.10 Å².